The van der Waals surface area contributed by atoms with Crippen LogP contribution in [0.5, 0.6) is 0 Å². The topological polar surface area (TPSA) is 65.8 Å². The maximum atomic E-state index is 12.0. The van der Waals surface area contributed by atoms with E-state index in [4.69, 9.17) is 16.9 Å². The molecule has 0 aliphatic rings. The number of hydrogen-bond acceptors (Lipinski definition) is 3. The van der Waals surface area contributed by atoms with Crippen LogP contribution in [0.2, 0.25) is 5.02 Å². The number of aryl methyl sites for hydroxylation is 1. The van der Waals surface area contributed by atoms with Crippen LogP contribution in [0.3, 0.4) is 0 Å². The van der Waals surface area contributed by atoms with Crippen LogP contribution in [-0.4, -0.2) is 10.9 Å². The molecule has 0 atom stereocenters. The van der Waals surface area contributed by atoms with Gasteiger partial charge in [0.1, 0.15) is 11.8 Å². The van der Waals surface area contributed by atoms with Gasteiger partial charge in [-0.3, -0.25) is 4.79 Å². The van der Waals surface area contributed by atoms with Crippen molar-refractivity contribution in [2.75, 3.05) is 5.32 Å². The minimum Gasteiger partial charge on any atom is -0.322 e. The van der Waals surface area contributed by atoms with Gasteiger partial charge in [-0.1, -0.05) is 17.7 Å². The van der Waals surface area contributed by atoms with Gasteiger partial charge in [0.25, 0.3) is 5.91 Å². The summed E-state index contributed by atoms with van der Waals surface area (Å²) in [5, 5.41) is 12.0. The Kier molecular flexibility index (Phi) is 3.79. The molecular weight excluding hydrogens is 262 g/mol. The molecule has 0 unspecified atom stereocenters. The molecule has 0 saturated carbocycles. The first kappa shape index (κ1) is 13.1. The Labute approximate surface area is 115 Å². The molecule has 94 valence electrons. The number of aromatic nitrogens is 1. The van der Waals surface area contributed by atoms with Crippen molar-refractivity contribution in [2.24, 2.45) is 0 Å². The maximum absolute atomic E-state index is 12.0. The zero-order chi connectivity index (χ0) is 13.8. The number of pyridine rings is 1. The number of amides is 1. The summed E-state index contributed by atoms with van der Waals surface area (Å²) in [5.41, 5.74) is 2.23. The van der Waals surface area contributed by atoms with Gasteiger partial charge in [0.2, 0.25) is 0 Å². The first-order chi connectivity index (χ1) is 9.10. The number of anilines is 1. The lowest BCUT2D eigenvalue weighted by Gasteiger charge is -2.08. The van der Waals surface area contributed by atoms with Gasteiger partial charge in [-0.25, -0.2) is 4.98 Å². The van der Waals surface area contributed by atoms with E-state index >= 15 is 0 Å². The molecule has 19 heavy (non-hydrogen) atoms. The van der Waals surface area contributed by atoms with Crippen molar-refractivity contribution in [2.45, 2.75) is 6.92 Å². The van der Waals surface area contributed by atoms with Crippen molar-refractivity contribution < 1.29 is 4.79 Å². The monoisotopic (exact) mass is 271 g/mol. The molecule has 1 heterocycles. The second kappa shape index (κ2) is 5.51. The zero-order valence-corrected chi connectivity index (χ0v) is 10.9. The van der Waals surface area contributed by atoms with E-state index in [-0.39, 0.29) is 11.6 Å². The molecule has 0 fully saturated rings. The predicted octanol–water partition coefficient (Wildman–Crippen LogP) is 3.17. The quantitative estimate of drug-likeness (QED) is 0.912. The summed E-state index contributed by atoms with van der Waals surface area (Å²) in [7, 11) is 0. The Morgan fingerprint density at radius 1 is 1.37 bits per heavy atom. The van der Waals surface area contributed by atoms with Crippen LogP contribution in [0.1, 0.15) is 21.6 Å². The fraction of sp³-hybridized carbons (Fsp3) is 0.0714. The van der Waals surface area contributed by atoms with E-state index < -0.39 is 0 Å². The number of hydrogen-bond donors (Lipinski definition) is 1. The van der Waals surface area contributed by atoms with E-state index in [0.717, 1.165) is 5.56 Å². The van der Waals surface area contributed by atoms with E-state index in [0.29, 0.717) is 16.3 Å². The van der Waals surface area contributed by atoms with Crippen LogP contribution in [0.25, 0.3) is 0 Å². The zero-order valence-electron chi connectivity index (χ0n) is 10.1. The smallest absolute Gasteiger partial charge is 0.257 e. The average molecular weight is 272 g/mol. The first-order valence-corrected chi connectivity index (χ1v) is 5.91. The van der Waals surface area contributed by atoms with Crippen LogP contribution in [-0.2, 0) is 0 Å². The Bertz CT molecular complexity index is 659. The Hall–Kier alpha value is -2.38. The average Bonchev–Trinajstić information content (AvgIpc) is 2.43. The summed E-state index contributed by atoms with van der Waals surface area (Å²) in [5.74, 6) is -0.289. The molecule has 2 rings (SSSR count). The van der Waals surface area contributed by atoms with E-state index in [1.54, 1.807) is 18.2 Å². The third-order valence-electron chi connectivity index (χ3n) is 2.59. The van der Waals surface area contributed by atoms with Crippen molar-refractivity contribution in [3.8, 4) is 6.07 Å². The number of halogens is 1. The third kappa shape index (κ3) is 3.09. The molecule has 0 bridgehead atoms. The van der Waals surface area contributed by atoms with E-state index in [1.165, 1.54) is 12.3 Å². The van der Waals surface area contributed by atoms with Crippen molar-refractivity contribution in [1.29, 1.82) is 5.26 Å². The highest BCUT2D eigenvalue weighted by Gasteiger charge is 2.08. The van der Waals surface area contributed by atoms with Gasteiger partial charge >= 0.3 is 0 Å². The number of nitriles is 1. The number of benzene rings is 1. The highest BCUT2D eigenvalue weighted by molar-refractivity contribution is 6.31. The molecule has 1 amide bonds. The molecule has 1 aromatic carbocycles. The van der Waals surface area contributed by atoms with Gasteiger partial charge in [0.05, 0.1) is 5.56 Å². The van der Waals surface area contributed by atoms with Crippen molar-refractivity contribution in [3.63, 3.8) is 0 Å². The molecule has 0 saturated heterocycles. The summed E-state index contributed by atoms with van der Waals surface area (Å²) >= 11 is 5.89. The third-order valence-corrected chi connectivity index (χ3v) is 2.82. The molecule has 0 radical (unpaired) electrons. The maximum Gasteiger partial charge on any atom is 0.257 e. The molecule has 4 nitrogen and oxygen atoms in total. The largest absolute Gasteiger partial charge is 0.322 e. The van der Waals surface area contributed by atoms with E-state index in [9.17, 15) is 4.79 Å². The van der Waals surface area contributed by atoms with Crippen LogP contribution in [0, 0.1) is 18.3 Å². The molecule has 0 aliphatic heterocycles. The Morgan fingerprint density at radius 3 is 2.79 bits per heavy atom. The van der Waals surface area contributed by atoms with Crippen LogP contribution < -0.4 is 5.32 Å². The molecule has 2 aromatic rings. The summed E-state index contributed by atoms with van der Waals surface area (Å²) < 4.78 is 0. The fourth-order valence-corrected chi connectivity index (χ4v) is 1.69. The standard InChI is InChI=1S/C14H10ClN3O/c1-9-2-4-11(15)6-13(9)18-14(19)10-3-5-12(7-16)17-8-10/h2-6,8H,1H3,(H,18,19). The lowest BCUT2D eigenvalue weighted by atomic mass is 10.2. The Balaban J connectivity index is 2.21. The molecular formula is C14H10ClN3O. The number of nitrogens with one attached hydrogen (secondary N) is 1. The normalized spacial score (nSPS) is 9.74. The van der Waals surface area contributed by atoms with E-state index in [1.807, 2.05) is 19.1 Å². The molecule has 0 aliphatic carbocycles. The van der Waals surface area contributed by atoms with Gasteiger partial charge in [0.15, 0.2) is 0 Å². The predicted molar refractivity (Wildman–Crippen MR) is 73.1 cm³/mol. The SMILES string of the molecule is Cc1ccc(Cl)cc1NC(=O)c1ccc(C#N)nc1. The summed E-state index contributed by atoms with van der Waals surface area (Å²) in [4.78, 5) is 15.9. The lowest BCUT2D eigenvalue weighted by molar-refractivity contribution is 0.102. The first-order valence-electron chi connectivity index (χ1n) is 5.54. The summed E-state index contributed by atoms with van der Waals surface area (Å²) in [6.07, 6.45) is 1.37. The number of carbonyl (C=O) groups excluding carboxylic acids is 1. The van der Waals surface area contributed by atoms with E-state index in [2.05, 4.69) is 10.3 Å². The highest BCUT2D eigenvalue weighted by Crippen LogP contribution is 2.20. The van der Waals surface area contributed by atoms with Crippen LogP contribution in [0.4, 0.5) is 5.69 Å². The van der Waals surface area contributed by atoms with Gasteiger partial charge in [-0.15, -0.1) is 0 Å². The second-order valence-corrected chi connectivity index (χ2v) is 4.39. The van der Waals surface area contributed by atoms with Crippen molar-refractivity contribution in [3.05, 3.63) is 58.4 Å². The summed E-state index contributed by atoms with van der Waals surface area (Å²) in [6, 6.07) is 10.2. The Morgan fingerprint density at radius 2 is 2.16 bits per heavy atom. The molecule has 0 spiro atoms. The molecule has 5 heteroatoms. The summed E-state index contributed by atoms with van der Waals surface area (Å²) in [6.45, 7) is 1.88. The number of rotatable bonds is 2. The van der Waals surface area contributed by atoms with Gasteiger partial charge in [-0.2, -0.15) is 5.26 Å². The minimum atomic E-state index is -0.289. The van der Waals surface area contributed by atoms with Crippen LogP contribution >= 0.6 is 11.6 Å². The van der Waals surface area contributed by atoms with Gasteiger partial charge < -0.3 is 5.32 Å². The fourth-order valence-electron chi connectivity index (χ4n) is 1.52. The minimum absolute atomic E-state index is 0.274. The highest BCUT2D eigenvalue weighted by atomic mass is 35.5. The lowest BCUT2D eigenvalue weighted by Crippen LogP contribution is -2.13. The van der Waals surface area contributed by atoms with Gasteiger partial charge in [-0.05, 0) is 36.8 Å². The number of carbonyl (C=O) groups is 1. The van der Waals surface area contributed by atoms with Crippen LogP contribution in [0.15, 0.2) is 36.5 Å². The van der Waals surface area contributed by atoms with Crippen molar-refractivity contribution in [1.82, 2.24) is 4.98 Å². The second-order valence-electron chi connectivity index (χ2n) is 3.96. The number of nitrogens with zero attached hydrogens (tertiary/aromatic N) is 2. The van der Waals surface area contributed by atoms with Gasteiger partial charge in [0, 0.05) is 16.9 Å². The molecule has 1 N–H and O–H groups in total. The van der Waals surface area contributed by atoms with Crippen molar-refractivity contribution >= 4 is 23.2 Å². The molecule has 1 aromatic heterocycles.